The van der Waals surface area contributed by atoms with Gasteiger partial charge in [-0.1, -0.05) is 96.8 Å². The van der Waals surface area contributed by atoms with Crippen molar-refractivity contribution in [3.8, 4) is 0 Å². The smallest absolute Gasteiger partial charge is 0.0812 e. The van der Waals surface area contributed by atoms with Crippen LogP contribution < -0.4 is 0 Å². The maximum atomic E-state index is 8.76. The Hall–Kier alpha value is -0.120. The summed E-state index contributed by atoms with van der Waals surface area (Å²) in [5.74, 6) is 0.765. The summed E-state index contributed by atoms with van der Waals surface area (Å²) in [4.78, 5) is 0. The maximum absolute atomic E-state index is 8.76. The lowest BCUT2D eigenvalue weighted by atomic mass is 9.97. The zero-order valence-electron chi connectivity index (χ0n) is 19.0. The van der Waals surface area contributed by atoms with E-state index in [1.54, 1.807) is 0 Å². The van der Waals surface area contributed by atoms with Crippen molar-refractivity contribution < 1.29 is 14.6 Å². The van der Waals surface area contributed by atoms with Crippen LogP contribution in [-0.4, -0.2) is 37.6 Å². The summed E-state index contributed by atoms with van der Waals surface area (Å²) >= 11 is 0. The van der Waals surface area contributed by atoms with Gasteiger partial charge in [-0.3, -0.25) is 0 Å². The lowest BCUT2D eigenvalue weighted by molar-refractivity contribution is 0.0153. The van der Waals surface area contributed by atoms with Crippen molar-refractivity contribution in [2.75, 3.05) is 26.4 Å². The molecule has 2 atom stereocenters. The van der Waals surface area contributed by atoms with Crippen molar-refractivity contribution >= 4 is 0 Å². The Morgan fingerprint density at radius 2 is 1.32 bits per heavy atom. The topological polar surface area (TPSA) is 38.7 Å². The molecule has 1 aliphatic rings. The number of aliphatic hydroxyl groups excluding tert-OH is 1. The van der Waals surface area contributed by atoms with E-state index in [0.29, 0.717) is 12.7 Å². The summed E-state index contributed by atoms with van der Waals surface area (Å²) in [5.41, 5.74) is 0. The Balaban J connectivity index is 1.79. The first-order valence-electron chi connectivity index (χ1n) is 12.7. The molecular formula is C25H50O3. The van der Waals surface area contributed by atoms with Crippen LogP contribution in [0.25, 0.3) is 0 Å². The third-order valence-electron chi connectivity index (χ3n) is 6.13. The van der Waals surface area contributed by atoms with Gasteiger partial charge in [-0.05, 0) is 31.6 Å². The van der Waals surface area contributed by atoms with E-state index in [2.05, 4.69) is 6.92 Å². The van der Waals surface area contributed by atoms with E-state index in [-0.39, 0.29) is 0 Å². The molecule has 0 saturated carbocycles. The van der Waals surface area contributed by atoms with Gasteiger partial charge in [0, 0.05) is 19.8 Å². The van der Waals surface area contributed by atoms with Gasteiger partial charge in [0.25, 0.3) is 0 Å². The monoisotopic (exact) mass is 398 g/mol. The molecule has 3 nitrogen and oxygen atoms in total. The highest BCUT2D eigenvalue weighted by Crippen LogP contribution is 2.25. The van der Waals surface area contributed by atoms with Crippen molar-refractivity contribution in [3.05, 3.63) is 0 Å². The first-order valence-corrected chi connectivity index (χ1v) is 12.7. The van der Waals surface area contributed by atoms with Crippen LogP contribution in [0.15, 0.2) is 0 Å². The lowest BCUT2D eigenvalue weighted by Gasteiger charge is -2.10. The Kier molecular flexibility index (Phi) is 18.7. The second kappa shape index (κ2) is 20.2. The largest absolute Gasteiger partial charge is 0.396 e. The zero-order chi connectivity index (χ0) is 20.1. The van der Waals surface area contributed by atoms with Crippen molar-refractivity contribution in [3.63, 3.8) is 0 Å². The molecule has 0 radical (unpaired) electrons. The molecule has 0 amide bonds. The molecule has 1 N–H and O–H groups in total. The first-order chi connectivity index (χ1) is 13.9. The van der Waals surface area contributed by atoms with Gasteiger partial charge in [-0.25, -0.2) is 0 Å². The first kappa shape index (κ1) is 25.9. The summed E-state index contributed by atoms with van der Waals surface area (Å²) < 4.78 is 11.7. The summed E-state index contributed by atoms with van der Waals surface area (Å²) in [6.07, 6.45) is 24.3. The minimum absolute atomic E-state index is 0.317. The van der Waals surface area contributed by atoms with Crippen molar-refractivity contribution in [2.24, 2.45) is 5.92 Å². The fraction of sp³-hybridized carbons (Fsp3) is 1.00. The Bertz CT molecular complexity index is 308. The van der Waals surface area contributed by atoms with Gasteiger partial charge in [-0.2, -0.15) is 0 Å². The molecular weight excluding hydrogens is 348 g/mol. The number of unbranched alkanes of at least 4 members (excludes halogenated alkanes) is 14. The molecule has 168 valence electrons. The number of ether oxygens (including phenoxy) is 2. The fourth-order valence-electron chi connectivity index (χ4n) is 4.26. The molecule has 0 aromatic carbocycles. The highest BCUT2D eigenvalue weighted by atomic mass is 16.5. The average molecular weight is 399 g/mol. The van der Waals surface area contributed by atoms with Crippen LogP contribution >= 0.6 is 0 Å². The standard InChI is InChI=1S/C25H50O3/c1-2-3-4-5-6-7-8-9-10-11-12-15-18-24-21-25(28-22-24)23-27-20-17-14-13-16-19-26/h24-26H,2-23H2,1H3/t24-,25+/m0/s1. The van der Waals surface area contributed by atoms with Gasteiger partial charge in [0.15, 0.2) is 0 Å². The molecule has 0 aromatic heterocycles. The number of aliphatic hydroxyl groups is 1. The number of hydrogen-bond donors (Lipinski definition) is 1. The third kappa shape index (κ3) is 15.8. The molecule has 1 fully saturated rings. The van der Waals surface area contributed by atoms with Crippen LogP contribution in [0, 0.1) is 5.92 Å². The minimum Gasteiger partial charge on any atom is -0.396 e. The molecule has 1 heterocycles. The SMILES string of the molecule is CCCCCCCCCCCCCC[C@@H]1CO[C@@H](COCCCCCCO)C1. The molecule has 1 rings (SSSR count). The molecule has 0 aliphatic carbocycles. The quantitative estimate of drug-likeness (QED) is 0.210. The van der Waals surface area contributed by atoms with Crippen molar-refractivity contribution in [2.45, 2.75) is 129 Å². The summed E-state index contributed by atoms with van der Waals surface area (Å²) in [6.45, 7) is 5.17. The van der Waals surface area contributed by atoms with E-state index in [4.69, 9.17) is 14.6 Å². The van der Waals surface area contributed by atoms with Crippen molar-refractivity contribution in [1.82, 2.24) is 0 Å². The van der Waals surface area contributed by atoms with Crippen LogP contribution in [0.2, 0.25) is 0 Å². The summed E-state index contributed by atoms with van der Waals surface area (Å²) in [6, 6.07) is 0. The summed E-state index contributed by atoms with van der Waals surface area (Å²) in [7, 11) is 0. The maximum Gasteiger partial charge on any atom is 0.0812 e. The molecule has 3 heteroatoms. The Morgan fingerprint density at radius 1 is 0.750 bits per heavy atom. The second-order valence-electron chi connectivity index (χ2n) is 8.95. The van der Waals surface area contributed by atoms with Crippen LogP contribution in [-0.2, 0) is 9.47 Å². The van der Waals surface area contributed by atoms with Crippen LogP contribution in [0.5, 0.6) is 0 Å². The van der Waals surface area contributed by atoms with Gasteiger partial charge in [0.2, 0.25) is 0 Å². The van der Waals surface area contributed by atoms with E-state index >= 15 is 0 Å². The predicted molar refractivity (Wildman–Crippen MR) is 120 cm³/mol. The van der Waals surface area contributed by atoms with Crippen LogP contribution in [0.4, 0.5) is 0 Å². The Morgan fingerprint density at radius 3 is 1.96 bits per heavy atom. The van der Waals surface area contributed by atoms with Gasteiger partial charge in [-0.15, -0.1) is 0 Å². The highest BCUT2D eigenvalue weighted by Gasteiger charge is 2.24. The molecule has 0 bridgehead atoms. The molecule has 1 aliphatic heterocycles. The Labute approximate surface area is 176 Å². The van der Waals surface area contributed by atoms with Crippen LogP contribution in [0.3, 0.4) is 0 Å². The lowest BCUT2D eigenvalue weighted by Crippen LogP contribution is -2.14. The zero-order valence-corrected chi connectivity index (χ0v) is 19.0. The van der Waals surface area contributed by atoms with Crippen molar-refractivity contribution in [1.29, 1.82) is 0 Å². The van der Waals surface area contributed by atoms with E-state index < -0.39 is 0 Å². The summed E-state index contributed by atoms with van der Waals surface area (Å²) in [5, 5.41) is 8.76. The van der Waals surface area contributed by atoms with Crippen LogP contribution in [0.1, 0.15) is 122 Å². The third-order valence-corrected chi connectivity index (χ3v) is 6.13. The number of rotatable bonds is 21. The highest BCUT2D eigenvalue weighted by molar-refractivity contribution is 4.73. The van der Waals surface area contributed by atoms with E-state index in [9.17, 15) is 0 Å². The molecule has 0 unspecified atom stereocenters. The predicted octanol–water partition coefficient (Wildman–Crippen LogP) is 7.05. The molecule has 0 spiro atoms. The number of hydrogen-bond acceptors (Lipinski definition) is 3. The average Bonchev–Trinajstić information content (AvgIpc) is 3.16. The van der Waals surface area contributed by atoms with Gasteiger partial charge in [0.05, 0.1) is 12.7 Å². The van der Waals surface area contributed by atoms with E-state index in [0.717, 1.165) is 51.4 Å². The van der Waals surface area contributed by atoms with Gasteiger partial charge < -0.3 is 14.6 Å². The molecule has 1 saturated heterocycles. The fourth-order valence-corrected chi connectivity index (χ4v) is 4.26. The van der Waals surface area contributed by atoms with E-state index in [1.165, 1.54) is 89.9 Å². The minimum atomic E-state index is 0.317. The molecule has 28 heavy (non-hydrogen) atoms. The van der Waals surface area contributed by atoms with Gasteiger partial charge >= 0.3 is 0 Å². The normalized spacial score (nSPS) is 19.5. The van der Waals surface area contributed by atoms with Gasteiger partial charge in [0.1, 0.15) is 0 Å². The molecule has 0 aromatic rings. The van der Waals surface area contributed by atoms with E-state index in [1.807, 2.05) is 0 Å². The second-order valence-corrected chi connectivity index (χ2v) is 8.95.